The molecule has 0 aromatic rings. The second kappa shape index (κ2) is 11.5. The highest BCUT2D eigenvalue weighted by Gasteiger charge is 2.70. The molecule has 0 spiro atoms. The number of allylic oxidation sites excluding steroid dienone is 2. The van der Waals surface area contributed by atoms with Crippen molar-refractivity contribution in [1.82, 2.24) is 0 Å². The number of carbonyl (C=O) groups excluding carboxylic acids is 2. The normalized spacial score (nSPS) is 52.0. The summed E-state index contributed by atoms with van der Waals surface area (Å²) in [6.07, 6.45) is 10.9. The lowest BCUT2D eigenvalue weighted by molar-refractivity contribution is -0.195. The lowest BCUT2D eigenvalue weighted by Gasteiger charge is -2.60. The first-order valence-corrected chi connectivity index (χ1v) is 19.0. The minimum absolute atomic E-state index is 0.0508. The minimum Gasteiger partial charge on any atom is -0.479 e. The van der Waals surface area contributed by atoms with Crippen molar-refractivity contribution in [3.8, 4) is 0 Å². The fourth-order valence-corrected chi connectivity index (χ4v) is 14.1. The summed E-state index contributed by atoms with van der Waals surface area (Å²) in [6.45, 7) is 8.06. The molecule has 6 N–H and O–H groups in total. The first-order chi connectivity index (χ1) is 23.3. The van der Waals surface area contributed by atoms with Gasteiger partial charge in [-0.05, 0) is 136 Å². The van der Waals surface area contributed by atoms with Crippen LogP contribution in [0.5, 0.6) is 0 Å². The van der Waals surface area contributed by atoms with Crippen LogP contribution in [0.3, 0.4) is 0 Å². The maximum atomic E-state index is 11.9. The lowest BCUT2D eigenvalue weighted by Crippen LogP contribution is -2.61. The van der Waals surface area contributed by atoms with E-state index >= 15 is 0 Å². The van der Waals surface area contributed by atoms with Gasteiger partial charge in [0.1, 0.15) is 0 Å². The Labute approximate surface area is 294 Å². The van der Waals surface area contributed by atoms with E-state index in [9.17, 15) is 49.8 Å². The smallest absolute Gasteiger partial charge is 0.336 e. The van der Waals surface area contributed by atoms with E-state index in [-0.39, 0.29) is 70.7 Å². The van der Waals surface area contributed by atoms with Crippen molar-refractivity contribution >= 4 is 23.5 Å². The van der Waals surface area contributed by atoms with E-state index in [0.29, 0.717) is 38.5 Å². The fourth-order valence-electron chi connectivity index (χ4n) is 14.1. The van der Waals surface area contributed by atoms with Crippen LogP contribution in [0.1, 0.15) is 118 Å². The van der Waals surface area contributed by atoms with Crippen molar-refractivity contribution < 1.29 is 49.8 Å². The number of ketones is 2. The number of aliphatic hydroxyl groups excluding tert-OH is 2. The molecule has 8 aliphatic rings. The highest BCUT2D eigenvalue weighted by Crippen LogP contribution is 2.69. The van der Waals surface area contributed by atoms with E-state index in [1.807, 2.05) is 13.8 Å². The van der Waals surface area contributed by atoms with Crippen molar-refractivity contribution in [2.45, 2.75) is 141 Å². The van der Waals surface area contributed by atoms with Gasteiger partial charge in [-0.15, -0.1) is 0 Å². The molecule has 0 aromatic heterocycles. The average molecular weight is 697 g/mol. The van der Waals surface area contributed by atoms with Gasteiger partial charge in [0.05, 0.1) is 12.2 Å². The van der Waals surface area contributed by atoms with Gasteiger partial charge in [0, 0.05) is 23.7 Å². The molecule has 0 radical (unpaired) electrons. The molecule has 6 fully saturated rings. The van der Waals surface area contributed by atoms with Crippen LogP contribution in [0, 0.1) is 57.2 Å². The zero-order chi connectivity index (χ0) is 36.4. The van der Waals surface area contributed by atoms with Crippen LogP contribution in [0.15, 0.2) is 23.3 Å². The largest absolute Gasteiger partial charge is 0.479 e. The van der Waals surface area contributed by atoms with Crippen LogP contribution < -0.4 is 0 Å². The van der Waals surface area contributed by atoms with Crippen LogP contribution >= 0.6 is 0 Å². The zero-order valence-corrected chi connectivity index (χ0v) is 30.0. The van der Waals surface area contributed by atoms with E-state index in [4.69, 9.17) is 0 Å². The summed E-state index contributed by atoms with van der Waals surface area (Å²) in [7, 11) is 0. The van der Waals surface area contributed by atoms with Gasteiger partial charge in [0.15, 0.2) is 22.8 Å². The summed E-state index contributed by atoms with van der Waals surface area (Å²) in [5.41, 5.74) is -3.10. The monoisotopic (exact) mass is 696 g/mol. The first-order valence-electron chi connectivity index (χ1n) is 19.0. The molecule has 14 atom stereocenters. The minimum atomic E-state index is -1.75. The number of hydrogen-bond donors (Lipinski definition) is 6. The predicted molar refractivity (Wildman–Crippen MR) is 181 cm³/mol. The van der Waals surface area contributed by atoms with Gasteiger partial charge >= 0.3 is 11.9 Å². The number of carboxylic acids is 2. The molecular formula is C40H56O10. The van der Waals surface area contributed by atoms with Gasteiger partial charge in [-0.25, -0.2) is 9.59 Å². The van der Waals surface area contributed by atoms with Crippen LogP contribution in [-0.4, -0.2) is 77.6 Å². The van der Waals surface area contributed by atoms with Crippen LogP contribution in [-0.2, 0) is 19.2 Å². The van der Waals surface area contributed by atoms with E-state index < -0.39 is 46.2 Å². The van der Waals surface area contributed by atoms with Crippen LogP contribution in [0.25, 0.3) is 0 Å². The highest BCUT2D eigenvalue weighted by atomic mass is 16.4. The van der Waals surface area contributed by atoms with Crippen molar-refractivity contribution in [3.63, 3.8) is 0 Å². The van der Waals surface area contributed by atoms with E-state index in [1.54, 1.807) is 12.2 Å². The first kappa shape index (κ1) is 36.0. The molecule has 276 valence electrons. The third-order valence-electron chi connectivity index (χ3n) is 16.8. The summed E-state index contributed by atoms with van der Waals surface area (Å²) >= 11 is 0. The van der Waals surface area contributed by atoms with Gasteiger partial charge in [-0.1, -0.05) is 38.8 Å². The summed E-state index contributed by atoms with van der Waals surface area (Å²) in [4.78, 5) is 47.3. The molecule has 0 heterocycles. The lowest BCUT2D eigenvalue weighted by atomic mass is 9.45. The van der Waals surface area contributed by atoms with Crippen molar-refractivity contribution in [2.24, 2.45) is 57.2 Å². The predicted octanol–water partition coefficient (Wildman–Crippen LogP) is 4.61. The zero-order valence-electron chi connectivity index (χ0n) is 30.0. The van der Waals surface area contributed by atoms with Gasteiger partial charge in [0.25, 0.3) is 0 Å². The Morgan fingerprint density at radius 2 is 0.960 bits per heavy atom. The average Bonchev–Trinajstić information content (AvgIpc) is 3.47. The Bertz CT molecular complexity index is 1450. The number of hydrogen-bond acceptors (Lipinski definition) is 8. The molecule has 10 heteroatoms. The number of carboxylic acid groups (broad SMARTS) is 2. The molecular weight excluding hydrogens is 640 g/mol. The molecule has 12 unspecified atom stereocenters. The van der Waals surface area contributed by atoms with E-state index in [2.05, 4.69) is 13.8 Å². The van der Waals surface area contributed by atoms with Crippen LogP contribution in [0.2, 0.25) is 0 Å². The Morgan fingerprint density at radius 1 is 0.600 bits per heavy atom. The number of carbonyl (C=O) groups is 4. The number of rotatable bonds is 2. The third-order valence-corrected chi connectivity index (χ3v) is 16.8. The Hall–Kier alpha value is -2.40. The van der Waals surface area contributed by atoms with E-state index in [1.165, 1.54) is 11.1 Å². The summed E-state index contributed by atoms with van der Waals surface area (Å²) in [5, 5.41) is 63.3. The third kappa shape index (κ3) is 4.65. The standard InChI is InChI=1S/2C20H28O5/c2*1-18-7-5-12(21)9-11(18)3-4-13-14-6-8-20(25,17(23)24)19(14,2)10-15(22)16(13)18/h2*9,13-16,22,25H,3-8,10H2,1-2H3,(H,23,24)/t2*13?,14?,15?,16?,18?,19?,20-/m11/s1. The van der Waals surface area contributed by atoms with Crippen molar-refractivity contribution in [1.29, 1.82) is 0 Å². The summed E-state index contributed by atoms with van der Waals surface area (Å²) in [5.74, 6) is -1.22. The summed E-state index contributed by atoms with van der Waals surface area (Å²) in [6, 6.07) is 0. The number of aliphatic hydroxyl groups is 4. The van der Waals surface area contributed by atoms with Gasteiger partial charge < -0.3 is 30.6 Å². The SMILES string of the molecule is CC12CCC(=O)C=C1CCC1C2C(O)CC2(C)C1CC[C@@]2(O)C(=O)O.CC12CCC(=O)C=C1CCC1C2C(O)CC2(C)C1CC[C@@]2(O)C(=O)O. The molecule has 0 amide bonds. The summed E-state index contributed by atoms with van der Waals surface area (Å²) < 4.78 is 0. The van der Waals surface area contributed by atoms with Gasteiger partial charge in [-0.3, -0.25) is 9.59 Å². The molecule has 0 aliphatic heterocycles. The molecule has 8 aliphatic carbocycles. The van der Waals surface area contributed by atoms with Gasteiger partial charge in [-0.2, -0.15) is 0 Å². The molecule has 0 saturated heterocycles. The molecule has 50 heavy (non-hydrogen) atoms. The second-order valence-electron chi connectivity index (χ2n) is 18.6. The maximum absolute atomic E-state index is 11.9. The molecule has 6 saturated carbocycles. The van der Waals surface area contributed by atoms with Crippen molar-refractivity contribution in [2.75, 3.05) is 0 Å². The van der Waals surface area contributed by atoms with Gasteiger partial charge in [0.2, 0.25) is 0 Å². The quantitative estimate of drug-likeness (QED) is 0.238. The molecule has 10 nitrogen and oxygen atoms in total. The number of aliphatic carboxylic acids is 2. The van der Waals surface area contributed by atoms with Crippen molar-refractivity contribution in [3.05, 3.63) is 23.3 Å². The molecule has 0 bridgehead atoms. The Kier molecular flexibility index (Phi) is 8.31. The Morgan fingerprint density at radius 3 is 1.30 bits per heavy atom. The molecule has 8 rings (SSSR count). The number of fused-ring (bicyclic) bond motifs is 10. The van der Waals surface area contributed by atoms with E-state index in [0.717, 1.165) is 38.5 Å². The Balaban J connectivity index is 0.000000157. The highest BCUT2D eigenvalue weighted by molar-refractivity contribution is 5.92. The fraction of sp³-hybridized carbons (Fsp3) is 0.800. The molecule has 0 aromatic carbocycles. The second-order valence-corrected chi connectivity index (χ2v) is 18.6. The topological polar surface area (TPSA) is 190 Å². The maximum Gasteiger partial charge on any atom is 0.336 e. The van der Waals surface area contributed by atoms with Crippen LogP contribution in [0.4, 0.5) is 0 Å².